The first kappa shape index (κ1) is 26.8. The Balaban J connectivity index is 2.65. The van der Waals surface area contributed by atoms with Gasteiger partial charge in [0, 0.05) is 0 Å². The molecule has 0 saturated carbocycles. The van der Waals surface area contributed by atoms with Crippen LogP contribution in [0.15, 0.2) is 53.6 Å². The molecule has 2 N–H and O–H groups in total. The van der Waals surface area contributed by atoms with E-state index in [1.807, 2.05) is 29.6 Å². The fourth-order valence-electron chi connectivity index (χ4n) is 3.61. The summed E-state index contributed by atoms with van der Waals surface area (Å²) >= 11 is -5.68. The van der Waals surface area contributed by atoms with E-state index in [1.54, 1.807) is 0 Å². The second kappa shape index (κ2) is 8.10. The van der Waals surface area contributed by atoms with Crippen LogP contribution in [0, 0.1) is 0 Å². The molecular weight excluding hydrogens is 710 g/mol. The Labute approximate surface area is 201 Å². The van der Waals surface area contributed by atoms with Crippen molar-refractivity contribution < 1.29 is 34.4 Å². The van der Waals surface area contributed by atoms with Crippen LogP contribution in [0.4, 0.5) is 0 Å². The van der Waals surface area contributed by atoms with Crippen molar-refractivity contribution in [2.75, 3.05) is 0 Å². The zero-order chi connectivity index (χ0) is 24.7. The molecule has 0 atom stereocenters. The van der Waals surface area contributed by atoms with Crippen LogP contribution in [-0.2, 0) is 30.1 Å². The molecule has 1 heterocycles. The van der Waals surface area contributed by atoms with E-state index in [9.17, 15) is 34.4 Å². The first-order chi connectivity index (χ1) is 14.2. The van der Waals surface area contributed by atoms with Crippen molar-refractivity contribution in [2.45, 2.75) is 59.0 Å². The Bertz CT molecular complexity index is 1360. The van der Waals surface area contributed by atoms with Crippen LogP contribution >= 0.6 is 11.8 Å². The van der Waals surface area contributed by atoms with E-state index in [4.69, 9.17) is 0 Å². The summed E-state index contributed by atoms with van der Waals surface area (Å²) in [7, 11) is -14.0. The van der Waals surface area contributed by atoms with Gasteiger partial charge in [0.05, 0.1) is 0 Å². The third-order valence-corrected chi connectivity index (χ3v) is 23.2. The van der Waals surface area contributed by atoms with Gasteiger partial charge in [0.2, 0.25) is 0 Å². The topological polar surface area (TPSA) is 143 Å². The number of hydrogen-bond donors (Lipinski definition) is 2. The number of sulfone groups is 1. The molecule has 1 aliphatic heterocycles. The van der Waals surface area contributed by atoms with Crippen molar-refractivity contribution in [3.05, 3.63) is 24.3 Å². The van der Waals surface area contributed by atoms with Gasteiger partial charge in [-0.15, -0.1) is 0 Å². The first-order valence-corrected chi connectivity index (χ1v) is 34.6. The molecule has 32 heavy (non-hydrogen) atoms. The van der Waals surface area contributed by atoms with Crippen LogP contribution in [-0.4, -0.2) is 71.1 Å². The van der Waals surface area contributed by atoms with Gasteiger partial charge in [-0.25, -0.2) is 0 Å². The number of fused-ring (bicyclic) bond motifs is 2. The fourth-order valence-corrected chi connectivity index (χ4v) is 24.1. The normalized spacial score (nSPS) is 16.4. The van der Waals surface area contributed by atoms with Crippen LogP contribution in [0.2, 0.25) is 29.6 Å². The van der Waals surface area contributed by atoms with Crippen LogP contribution in [0.3, 0.4) is 0 Å². The molecule has 0 radical (unpaired) electrons. The first-order valence-electron chi connectivity index (χ1n) is 9.41. The van der Waals surface area contributed by atoms with Gasteiger partial charge in [-0.1, -0.05) is 0 Å². The Kier molecular flexibility index (Phi) is 6.77. The molecule has 8 nitrogen and oxygen atoms in total. The zero-order valence-corrected chi connectivity index (χ0v) is 27.3. The average molecular weight is 734 g/mol. The maximum absolute atomic E-state index is 14.1. The standard InChI is InChI=1S/C12H6O8S4.6CH3.2Sn/c13-22(14)7-3-1-5-9(23(15,16)17)11(7)21-12-8(22)4-2-6-10(12)24(18,19)20;;;;;;;;/h1-2,5-6H,(H,15,16,17)(H,18,19,20);6*1H3;;. The third-order valence-electron chi connectivity index (χ3n) is 5.07. The second-order valence-corrected chi connectivity index (χ2v) is 44.0. The quantitative estimate of drug-likeness (QED) is 0.306. The molecule has 0 bridgehead atoms. The van der Waals surface area contributed by atoms with Crippen LogP contribution in [0.25, 0.3) is 0 Å². The van der Waals surface area contributed by atoms with Gasteiger partial charge in [0.1, 0.15) is 0 Å². The Hall–Kier alpha value is 0.157. The summed E-state index contributed by atoms with van der Waals surface area (Å²) < 4.78 is 97.3. The van der Waals surface area contributed by atoms with E-state index >= 15 is 0 Å². The molecule has 176 valence electrons. The Morgan fingerprint density at radius 3 is 1.25 bits per heavy atom. The molecule has 0 saturated heterocycles. The van der Waals surface area contributed by atoms with Crippen molar-refractivity contribution in [1.82, 2.24) is 0 Å². The minimum absolute atomic E-state index is 0.169. The Morgan fingerprint density at radius 1 is 0.688 bits per heavy atom. The molecule has 2 aromatic rings. The van der Waals surface area contributed by atoms with Crippen LogP contribution in [0.1, 0.15) is 0 Å². The summed E-state index contributed by atoms with van der Waals surface area (Å²) in [5.41, 5.74) is 0. The van der Waals surface area contributed by atoms with Crippen molar-refractivity contribution in [2.24, 2.45) is 0 Å². The van der Waals surface area contributed by atoms with Crippen molar-refractivity contribution in [1.29, 1.82) is 0 Å². The number of hydrogen-bond acceptors (Lipinski definition) is 7. The van der Waals surface area contributed by atoms with Crippen molar-refractivity contribution >= 4 is 85.7 Å². The van der Waals surface area contributed by atoms with Crippen molar-refractivity contribution in [3.8, 4) is 0 Å². The molecule has 3 rings (SSSR count). The summed E-state index contributed by atoms with van der Waals surface area (Å²) in [5, 5.41) is 0. The molecule has 2 aromatic carbocycles. The van der Waals surface area contributed by atoms with Crippen LogP contribution < -0.4 is 7.16 Å². The Morgan fingerprint density at radius 2 is 1.00 bits per heavy atom. The van der Waals surface area contributed by atoms with E-state index in [1.165, 1.54) is 24.3 Å². The summed E-state index contributed by atoms with van der Waals surface area (Å²) in [6.45, 7) is 0. The van der Waals surface area contributed by atoms with E-state index in [0.717, 1.165) is 0 Å². The zero-order valence-electron chi connectivity index (χ0n) is 18.3. The maximum atomic E-state index is 14.1. The average Bonchev–Trinajstić information content (AvgIpc) is 2.56. The fraction of sp³-hybridized carbons (Fsp3) is 0.333. The number of benzene rings is 2. The van der Waals surface area contributed by atoms with Gasteiger partial charge >= 0.3 is 203 Å². The predicted octanol–water partition coefficient (Wildman–Crippen LogP) is 2.57. The van der Waals surface area contributed by atoms with Gasteiger partial charge in [-0.3, -0.25) is 0 Å². The van der Waals surface area contributed by atoms with Gasteiger partial charge in [0.15, 0.2) is 0 Å². The van der Waals surface area contributed by atoms with E-state index in [-0.39, 0.29) is 19.6 Å². The van der Waals surface area contributed by atoms with Gasteiger partial charge in [0.25, 0.3) is 0 Å². The van der Waals surface area contributed by atoms with Gasteiger partial charge in [-0.2, -0.15) is 0 Å². The second-order valence-electron chi connectivity index (χ2n) is 9.59. The molecule has 0 fully saturated rings. The molecule has 14 heteroatoms. The summed E-state index contributed by atoms with van der Waals surface area (Å²) in [5.74, 6) is 0. The van der Waals surface area contributed by atoms with E-state index < -0.39 is 76.6 Å². The summed E-state index contributed by atoms with van der Waals surface area (Å²) in [4.78, 5) is 9.88. The van der Waals surface area contributed by atoms with Crippen LogP contribution in [0.5, 0.6) is 0 Å². The summed E-state index contributed by atoms with van der Waals surface area (Å²) in [6, 6.07) is 5.24. The number of rotatable bonds is 4. The molecule has 0 spiro atoms. The molecule has 1 aliphatic rings. The van der Waals surface area contributed by atoms with E-state index in [0.29, 0.717) is 18.9 Å². The molecule has 0 unspecified atom stereocenters. The molecule has 0 aromatic heterocycles. The monoisotopic (exact) mass is 736 g/mol. The summed E-state index contributed by atoms with van der Waals surface area (Å²) in [6.07, 6.45) is 0. The SMILES string of the molecule is [CH3][Sn]([CH3])([CH3])[c]1ccc(S(=O)(=O)O)c2c1S(=O)(=O)c1[c]([Sn]([CH3])([CH3])[CH3])ccc(S(=O)(=O)O)c1S2. The third kappa shape index (κ3) is 4.66. The van der Waals surface area contributed by atoms with Crippen molar-refractivity contribution in [3.63, 3.8) is 0 Å². The predicted molar refractivity (Wildman–Crippen MR) is 128 cm³/mol. The van der Waals surface area contributed by atoms with Gasteiger partial charge < -0.3 is 0 Å². The van der Waals surface area contributed by atoms with Gasteiger partial charge in [-0.05, 0) is 0 Å². The van der Waals surface area contributed by atoms with E-state index in [2.05, 4.69) is 0 Å². The molecule has 0 amide bonds. The minimum atomic E-state index is -4.81. The molecule has 0 aliphatic carbocycles. The molecular formula is C18H24O8S4Sn2.